The van der Waals surface area contributed by atoms with E-state index in [9.17, 15) is 4.79 Å². The molecule has 0 radical (unpaired) electrons. The molecule has 4 heterocycles. The summed E-state index contributed by atoms with van der Waals surface area (Å²) in [6.07, 6.45) is 1.25. The van der Waals surface area contributed by atoms with Crippen molar-refractivity contribution in [2.24, 2.45) is 0 Å². The van der Waals surface area contributed by atoms with Gasteiger partial charge in [0.1, 0.15) is 11.3 Å². The van der Waals surface area contributed by atoms with Gasteiger partial charge in [-0.1, -0.05) is 23.9 Å². The maximum Gasteiger partial charge on any atom is 0.247 e. The third-order valence-corrected chi connectivity index (χ3v) is 7.68. The summed E-state index contributed by atoms with van der Waals surface area (Å²) in [4.78, 5) is 26.3. The minimum atomic E-state index is -0.298. The fourth-order valence-electron chi connectivity index (χ4n) is 4.55. The molecule has 2 aromatic carbocycles. The number of nitrogens with zero attached hydrogens (tertiary/aromatic N) is 7. The summed E-state index contributed by atoms with van der Waals surface area (Å²) >= 11 is 1.54. The molecule has 198 valence electrons. The highest BCUT2D eigenvalue weighted by Gasteiger charge is 2.31. The molecule has 1 fully saturated rings. The second kappa shape index (κ2) is 9.97. The largest absolute Gasteiger partial charge is 0.494 e. The Morgan fingerprint density at radius 3 is 2.74 bits per heavy atom. The average Bonchev–Trinajstić information content (AvgIpc) is 3.55. The molecule has 0 atom stereocenters. The summed E-state index contributed by atoms with van der Waals surface area (Å²) in [5.74, 6) is 1.28. The van der Waals surface area contributed by atoms with Gasteiger partial charge in [-0.2, -0.15) is 9.67 Å². The van der Waals surface area contributed by atoms with Crippen LogP contribution in [0.4, 0.5) is 23.0 Å². The van der Waals surface area contributed by atoms with E-state index < -0.39 is 0 Å². The fourth-order valence-corrected chi connectivity index (χ4v) is 5.36. The second-order valence-corrected chi connectivity index (χ2v) is 10.3. The molecule has 0 aliphatic carbocycles. The van der Waals surface area contributed by atoms with Gasteiger partial charge in [-0.05, 0) is 49.8 Å². The molecule has 1 amide bonds. The van der Waals surface area contributed by atoms with Crippen molar-refractivity contribution in [1.82, 2.24) is 29.9 Å². The van der Waals surface area contributed by atoms with Crippen LogP contribution in [0.25, 0.3) is 27.1 Å². The first kappa shape index (κ1) is 24.8. The van der Waals surface area contributed by atoms with E-state index in [1.165, 1.54) is 17.4 Å². The molecule has 1 aliphatic heterocycles. The summed E-state index contributed by atoms with van der Waals surface area (Å²) in [5.41, 5.74) is 4.51. The van der Waals surface area contributed by atoms with Crippen molar-refractivity contribution < 1.29 is 9.53 Å². The Balaban J connectivity index is 1.41. The third kappa shape index (κ3) is 4.53. The highest BCUT2D eigenvalue weighted by atomic mass is 32.1. The van der Waals surface area contributed by atoms with E-state index in [1.54, 1.807) is 11.8 Å². The number of likely N-dealkylation sites (N-methyl/N-ethyl adjacent to an activating group) is 1. The van der Waals surface area contributed by atoms with Gasteiger partial charge in [0, 0.05) is 25.2 Å². The predicted molar refractivity (Wildman–Crippen MR) is 155 cm³/mol. The maximum absolute atomic E-state index is 12.3. The quantitative estimate of drug-likeness (QED) is 0.281. The number of hydrogen-bond acceptors (Lipinski definition) is 10. The van der Waals surface area contributed by atoms with Crippen LogP contribution in [0.5, 0.6) is 5.75 Å². The molecular formula is C27H27N9O2S. The standard InChI is InChI=1S/C27H27N9O2S/c1-5-24(37)28-19-12-20(23(38-4)13-22(19)35-14-16(15-35)34(2)3)30-27-29-18-10-11-39-25(18)26(31-27)36-21-9-7-6-8-17(21)32-33-36/h5-13,16H,1,14-15H2,2-4H3,(H,28,37)(H,29,30,31). The molecule has 1 aliphatic rings. The Hall–Kier alpha value is -4.55. The topological polar surface area (TPSA) is 113 Å². The number of aromatic nitrogens is 5. The van der Waals surface area contributed by atoms with Crippen molar-refractivity contribution in [1.29, 1.82) is 0 Å². The maximum atomic E-state index is 12.3. The molecule has 11 nitrogen and oxygen atoms in total. The zero-order valence-electron chi connectivity index (χ0n) is 21.8. The molecular weight excluding hydrogens is 514 g/mol. The molecule has 1 saturated heterocycles. The lowest BCUT2D eigenvalue weighted by Gasteiger charge is -2.45. The van der Waals surface area contributed by atoms with Crippen molar-refractivity contribution in [2.75, 3.05) is 49.8 Å². The Labute approximate surface area is 228 Å². The van der Waals surface area contributed by atoms with Gasteiger partial charge in [-0.25, -0.2) is 4.98 Å². The van der Waals surface area contributed by atoms with Gasteiger partial charge in [0.25, 0.3) is 0 Å². The molecule has 5 aromatic rings. The molecule has 3 aromatic heterocycles. The van der Waals surface area contributed by atoms with E-state index in [0.717, 1.165) is 40.0 Å². The van der Waals surface area contributed by atoms with Gasteiger partial charge < -0.3 is 25.2 Å². The van der Waals surface area contributed by atoms with Crippen LogP contribution < -0.4 is 20.3 Å². The molecule has 0 spiro atoms. The van der Waals surface area contributed by atoms with Crippen LogP contribution >= 0.6 is 11.3 Å². The van der Waals surface area contributed by atoms with E-state index in [2.05, 4.69) is 51.4 Å². The Bertz CT molecular complexity index is 1700. The minimum Gasteiger partial charge on any atom is -0.494 e. The summed E-state index contributed by atoms with van der Waals surface area (Å²) in [6, 6.07) is 13.9. The second-order valence-electron chi connectivity index (χ2n) is 9.41. The number of anilines is 4. The molecule has 0 saturated carbocycles. The number of para-hydroxylation sites is 1. The molecule has 6 rings (SSSR count). The van der Waals surface area contributed by atoms with E-state index in [4.69, 9.17) is 14.7 Å². The first-order valence-electron chi connectivity index (χ1n) is 12.3. The molecule has 2 N–H and O–H groups in total. The van der Waals surface area contributed by atoms with Gasteiger partial charge >= 0.3 is 0 Å². The van der Waals surface area contributed by atoms with Crippen molar-refractivity contribution in [2.45, 2.75) is 6.04 Å². The van der Waals surface area contributed by atoms with E-state index >= 15 is 0 Å². The molecule has 0 unspecified atom stereocenters. The highest BCUT2D eigenvalue weighted by molar-refractivity contribution is 7.17. The van der Waals surface area contributed by atoms with Gasteiger partial charge in [-0.15, -0.1) is 16.4 Å². The van der Waals surface area contributed by atoms with Crippen LogP contribution in [0.1, 0.15) is 0 Å². The number of methoxy groups -OCH3 is 1. The highest BCUT2D eigenvalue weighted by Crippen LogP contribution is 2.40. The van der Waals surface area contributed by atoms with E-state index in [1.807, 2.05) is 47.8 Å². The Kier molecular flexibility index (Phi) is 6.33. The smallest absolute Gasteiger partial charge is 0.247 e. The van der Waals surface area contributed by atoms with Crippen molar-refractivity contribution in [3.63, 3.8) is 0 Å². The van der Waals surface area contributed by atoms with Crippen LogP contribution in [0.3, 0.4) is 0 Å². The summed E-state index contributed by atoms with van der Waals surface area (Å²) < 4.78 is 8.38. The number of benzene rings is 2. The lowest BCUT2D eigenvalue weighted by atomic mass is 10.0. The van der Waals surface area contributed by atoms with Crippen LogP contribution in [0, 0.1) is 0 Å². The third-order valence-electron chi connectivity index (χ3n) is 6.78. The fraction of sp³-hybridized carbons (Fsp3) is 0.222. The lowest BCUT2D eigenvalue weighted by molar-refractivity contribution is -0.111. The Morgan fingerprint density at radius 1 is 1.15 bits per heavy atom. The van der Waals surface area contributed by atoms with Gasteiger partial charge in [0.2, 0.25) is 11.9 Å². The summed E-state index contributed by atoms with van der Waals surface area (Å²) in [6.45, 7) is 5.28. The first-order chi connectivity index (χ1) is 18.9. The number of thiophene rings is 1. The number of fused-ring (bicyclic) bond motifs is 2. The zero-order chi connectivity index (χ0) is 27.1. The van der Waals surface area contributed by atoms with E-state index in [-0.39, 0.29) is 5.91 Å². The van der Waals surface area contributed by atoms with Crippen LogP contribution in [-0.2, 0) is 4.79 Å². The van der Waals surface area contributed by atoms with Gasteiger partial charge in [-0.3, -0.25) is 4.79 Å². The van der Waals surface area contributed by atoms with Gasteiger partial charge in [0.05, 0.1) is 39.9 Å². The van der Waals surface area contributed by atoms with Crippen molar-refractivity contribution in [3.05, 3.63) is 60.5 Å². The van der Waals surface area contributed by atoms with Crippen molar-refractivity contribution in [3.8, 4) is 11.6 Å². The van der Waals surface area contributed by atoms with Crippen LogP contribution in [-0.4, -0.2) is 76.1 Å². The zero-order valence-corrected chi connectivity index (χ0v) is 22.6. The number of carbonyl (C=O) groups is 1. The van der Waals surface area contributed by atoms with Crippen LogP contribution in [0.15, 0.2) is 60.5 Å². The van der Waals surface area contributed by atoms with Crippen molar-refractivity contribution >= 4 is 61.5 Å². The number of rotatable bonds is 8. The number of nitrogens with one attached hydrogen (secondary N) is 2. The number of hydrogen-bond donors (Lipinski definition) is 2. The average molecular weight is 542 g/mol. The predicted octanol–water partition coefficient (Wildman–Crippen LogP) is 4.05. The van der Waals surface area contributed by atoms with E-state index in [0.29, 0.717) is 34.9 Å². The number of carbonyl (C=O) groups excluding carboxylic acids is 1. The van der Waals surface area contributed by atoms with Crippen LogP contribution in [0.2, 0.25) is 0 Å². The number of ether oxygens (including phenoxy) is 1. The summed E-state index contributed by atoms with van der Waals surface area (Å²) in [7, 11) is 5.74. The molecule has 0 bridgehead atoms. The summed E-state index contributed by atoms with van der Waals surface area (Å²) in [5, 5.41) is 16.9. The Morgan fingerprint density at radius 2 is 1.97 bits per heavy atom. The lowest BCUT2D eigenvalue weighted by Crippen LogP contribution is -2.57. The minimum absolute atomic E-state index is 0.298. The van der Waals surface area contributed by atoms with Gasteiger partial charge in [0.15, 0.2) is 5.82 Å². The molecule has 12 heteroatoms. The number of amides is 1. The molecule has 39 heavy (non-hydrogen) atoms. The normalized spacial score (nSPS) is 13.6. The SMILES string of the molecule is C=CC(=O)Nc1cc(Nc2nc(-n3nnc4ccccc43)c3sccc3n2)c(OC)cc1N1CC(N(C)C)C1. The first-order valence-corrected chi connectivity index (χ1v) is 13.2. The monoisotopic (exact) mass is 541 g/mol.